The smallest absolute Gasteiger partial charge is 0.307 e. The van der Waals surface area contributed by atoms with E-state index in [1.165, 1.54) is 0 Å². The molecule has 1 aliphatic rings. The van der Waals surface area contributed by atoms with E-state index in [2.05, 4.69) is 0 Å². The van der Waals surface area contributed by atoms with Crippen molar-refractivity contribution in [2.24, 2.45) is 11.7 Å². The number of nitrogens with two attached hydrogens (primary N) is 1. The minimum Gasteiger partial charge on any atom is -0.481 e. The molecule has 1 aliphatic heterocycles. The summed E-state index contributed by atoms with van der Waals surface area (Å²) >= 11 is 0. The second-order valence-corrected chi connectivity index (χ2v) is 6.80. The number of primary amides is 1. The number of carbonyl (C=O) groups excluding carboxylic acids is 1. The number of likely N-dealkylation sites (tertiary alicyclic amines) is 1. The van der Waals surface area contributed by atoms with Gasteiger partial charge in [-0.1, -0.05) is 0 Å². The molecule has 1 unspecified atom stereocenters. The average molecular weight is 278 g/mol. The van der Waals surface area contributed by atoms with E-state index in [-0.39, 0.29) is 17.9 Å². The highest BCUT2D eigenvalue weighted by molar-refractivity contribution is 7.91. The number of rotatable bonds is 7. The molecular weight excluding hydrogens is 260 g/mol. The molecule has 0 aromatic carbocycles. The first-order valence-electron chi connectivity index (χ1n) is 5.74. The van der Waals surface area contributed by atoms with Crippen molar-refractivity contribution in [2.45, 2.75) is 12.8 Å². The van der Waals surface area contributed by atoms with E-state index in [0.717, 1.165) is 0 Å². The molecule has 8 heteroatoms. The second kappa shape index (κ2) is 6.14. The molecule has 1 heterocycles. The number of nitrogens with zero attached hydrogens (tertiary/aromatic N) is 1. The minimum absolute atomic E-state index is 0.0629. The van der Waals surface area contributed by atoms with E-state index in [1.54, 1.807) is 0 Å². The van der Waals surface area contributed by atoms with Gasteiger partial charge in [0.2, 0.25) is 5.91 Å². The van der Waals surface area contributed by atoms with Gasteiger partial charge in [0, 0.05) is 19.5 Å². The fraction of sp³-hybridized carbons (Fsp3) is 0.800. The number of carboxylic acids is 1. The highest BCUT2D eigenvalue weighted by Gasteiger charge is 2.28. The summed E-state index contributed by atoms with van der Waals surface area (Å²) in [7, 11) is -3.29. The molecule has 1 amide bonds. The van der Waals surface area contributed by atoms with Gasteiger partial charge in [0.15, 0.2) is 9.84 Å². The molecule has 0 aromatic heterocycles. The van der Waals surface area contributed by atoms with Gasteiger partial charge in [-0.05, 0) is 13.0 Å². The Morgan fingerprint density at radius 3 is 2.50 bits per heavy atom. The summed E-state index contributed by atoms with van der Waals surface area (Å²) in [5.74, 6) is -2.18. The van der Waals surface area contributed by atoms with Crippen LogP contribution in [0.2, 0.25) is 0 Å². The number of sulfone groups is 1. The Kier molecular flexibility index (Phi) is 5.09. The van der Waals surface area contributed by atoms with Crippen LogP contribution in [0.5, 0.6) is 0 Å². The molecule has 7 nitrogen and oxygen atoms in total. The van der Waals surface area contributed by atoms with Gasteiger partial charge >= 0.3 is 5.97 Å². The van der Waals surface area contributed by atoms with Gasteiger partial charge in [-0.3, -0.25) is 9.59 Å². The number of carboxylic acid groups (broad SMARTS) is 1. The SMILES string of the molecule is NC(=O)CCS(=O)(=O)CCN1CCC(C(=O)O)C1. The first kappa shape index (κ1) is 14.9. The topological polar surface area (TPSA) is 118 Å². The lowest BCUT2D eigenvalue weighted by Crippen LogP contribution is -2.30. The minimum atomic E-state index is -3.29. The van der Waals surface area contributed by atoms with Gasteiger partial charge in [-0.25, -0.2) is 8.42 Å². The summed E-state index contributed by atoms with van der Waals surface area (Å²) in [6.07, 6.45) is 0.386. The fourth-order valence-electron chi connectivity index (χ4n) is 1.86. The van der Waals surface area contributed by atoms with Crippen LogP contribution in [-0.2, 0) is 19.4 Å². The lowest BCUT2D eigenvalue weighted by Gasteiger charge is -2.14. The third-order valence-corrected chi connectivity index (χ3v) is 4.63. The van der Waals surface area contributed by atoms with Crippen molar-refractivity contribution in [3.05, 3.63) is 0 Å². The van der Waals surface area contributed by atoms with Crippen LogP contribution in [0.15, 0.2) is 0 Å². The van der Waals surface area contributed by atoms with Crippen LogP contribution in [0.4, 0.5) is 0 Å². The monoisotopic (exact) mass is 278 g/mol. The summed E-state index contributed by atoms with van der Waals surface area (Å²) in [4.78, 5) is 23.1. The lowest BCUT2D eigenvalue weighted by molar-refractivity contribution is -0.141. The molecule has 1 saturated heterocycles. The van der Waals surface area contributed by atoms with Gasteiger partial charge < -0.3 is 15.7 Å². The van der Waals surface area contributed by atoms with Crippen LogP contribution in [0.1, 0.15) is 12.8 Å². The van der Waals surface area contributed by atoms with E-state index in [0.29, 0.717) is 26.1 Å². The summed E-state index contributed by atoms with van der Waals surface area (Å²) in [5.41, 5.74) is 4.89. The largest absolute Gasteiger partial charge is 0.481 e. The molecule has 3 N–H and O–H groups in total. The maximum absolute atomic E-state index is 11.6. The van der Waals surface area contributed by atoms with Crippen LogP contribution < -0.4 is 5.73 Å². The molecule has 0 bridgehead atoms. The number of hydrogen-bond donors (Lipinski definition) is 2. The highest BCUT2D eigenvalue weighted by atomic mass is 32.2. The molecule has 18 heavy (non-hydrogen) atoms. The number of carbonyl (C=O) groups is 2. The quantitative estimate of drug-likeness (QED) is 0.596. The lowest BCUT2D eigenvalue weighted by atomic mass is 10.1. The summed E-state index contributed by atoms with van der Waals surface area (Å²) in [5, 5.41) is 8.81. The first-order valence-corrected chi connectivity index (χ1v) is 7.56. The van der Waals surface area contributed by atoms with Crippen molar-refractivity contribution in [3.63, 3.8) is 0 Å². The maximum Gasteiger partial charge on any atom is 0.307 e. The zero-order valence-corrected chi connectivity index (χ0v) is 10.9. The predicted molar refractivity (Wildman–Crippen MR) is 64.6 cm³/mol. The van der Waals surface area contributed by atoms with Gasteiger partial charge in [-0.15, -0.1) is 0 Å². The van der Waals surface area contributed by atoms with E-state index in [9.17, 15) is 18.0 Å². The fourth-order valence-corrected chi connectivity index (χ4v) is 3.12. The molecule has 0 aliphatic carbocycles. The van der Waals surface area contributed by atoms with Crippen molar-refractivity contribution in [1.29, 1.82) is 0 Å². The molecule has 0 aromatic rings. The summed E-state index contributed by atoms with van der Waals surface area (Å²) < 4.78 is 23.1. The van der Waals surface area contributed by atoms with E-state index in [4.69, 9.17) is 10.8 Å². The normalized spacial score (nSPS) is 21.0. The summed E-state index contributed by atoms with van der Waals surface area (Å²) in [6, 6.07) is 0. The Balaban J connectivity index is 2.33. The number of hydrogen-bond acceptors (Lipinski definition) is 5. The van der Waals surface area contributed by atoms with Crippen molar-refractivity contribution >= 4 is 21.7 Å². The van der Waals surface area contributed by atoms with Crippen LogP contribution in [0.25, 0.3) is 0 Å². The van der Waals surface area contributed by atoms with Gasteiger partial charge in [0.05, 0.1) is 17.4 Å². The molecule has 104 valence electrons. The van der Waals surface area contributed by atoms with Crippen LogP contribution >= 0.6 is 0 Å². The predicted octanol–water partition coefficient (Wildman–Crippen LogP) is -1.32. The van der Waals surface area contributed by atoms with Crippen LogP contribution in [0, 0.1) is 5.92 Å². The Hall–Kier alpha value is -1.15. The number of aliphatic carboxylic acids is 1. The van der Waals surface area contributed by atoms with Crippen LogP contribution in [0.3, 0.4) is 0 Å². The first-order chi connectivity index (χ1) is 8.30. The van der Waals surface area contributed by atoms with Crippen molar-refractivity contribution < 1.29 is 23.1 Å². The van der Waals surface area contributed by atoms with E-state index in [1.807, 2.05) is 4.90 Å². The average Bonchev–Trinajstić information content (AvgIpc) is 2.73. The third kappa shape index (κ3) is 5.01. The Morgan fingerprint density at radius 2 is 2.00 bits per heavy atom. The van der Waals surface area contributed by atoms with Gasteiger partial charge in [0.1, 0.15) is 0 Å². The molecule has 0 saturated carbocycles. The molecular formula is C10H18N2O5S. The van der Waals surface area contributed by atoms with Crippen molar-refractivity contribution in [3.8, 4) is 0 Å². The zero-order valence-electron chi connectivity index (χ0n) is 10.0. The molecule has 0 spiro atoms. The summed E-state index contributed by atoms with van der Waals surface area (Å²) in [6.45, 7) is 1.30. The Bertz CT molecular complexity index is 420. The van der Waals surface area contributed by atoms with Crippen molar-refractivity contribution in [2.75, 3.05) is 31.1 Å². The Labute approximate surface area is 106 Å². The molecule has 1 atom stereocenters. The molecule has 1 fully saturated rings. The standard InChI is InChI=1S/C10H18N2O5S/c11-9(13)2-5-18(16,17)6-4-12-3-1-8(7-12)10(14)15/h8H,1-7H2,(H2,11,13)(H,14,15). The van der Waals surface area contributed by atoms with Gasteiger partial charge in [-0.2, -0.15) is 0 Å². The molecule has 0 radical (unpaired) electrons. The second-order valence-electron chi connectivity index (χ2n) is 4.49. The zero-order chi connectivity index (χ0) is 13.8. The van der Waals surface area contributed by atoms with E-state index < -0.39 is 27.6 Å². The van der Waals surface area contributed by atoms with Crippen LogP contribution in [-0.4, -0.2) is 61.4 Å². The number of amides is 1. The van der Waals surface area contributed by atoms with E-state index >= 15 is 0 Å². The highest BCUT2D eigenvalue weighted by Crippen LogP contribution is 2.16. The van der Waals surface area contributed by atoms with Crippen molar-refractivity contribution in [1.82, 2.24) is 4.90 Å². The third-order valence-electron chi connectivity index (χ3n) is 3.00. The maximum atomic E-state index is 11.6. The Morgan fingerprint density at radius 1 is 1.33 bits per heavy atom. The van der Waals surface area contributed by atoms with Gasteiger partial charge in [0.25, 0.3) is 0 Å². The molecule has 1 rings (SSSR count).